The number of hydrogen-bond acceptors (Lipinski definition) is 4. The second-order valence-electron chi connectivity index (χ2n) is 3.94. The average molecular weight is 347 g/mol. The molecule has 0 aliphatic rings. The van der Waals surface area contributed by atoms with E-state index in [-0.39, 0.29) is 16.5 Å². The summed E-state index contributed by atoms with van der Waals surface area (Å²) in [4.78, 5) is 23.9. The molecular formula is C14H16BrFO4. The van der Waals surface area contributed by atoms with Crippen LogP contribution in [0.1, 0.15) is 30.6 Å². The molecule has 0 N–H and O–H groups in total. The van der Waals surface area contributed by atoms with Crippen LogP contribution in [0.2, 0.25) is 0 Å². The highest BCUT2D eigenvalue weighted by Gasteiger charge is 2.22. The number of benzene rings is 1. The second kappa shape index (κ2) is 8.24. The predicted molar refractivity (Wildman–Crippen MR) is 75.1 cm³/mol. The topological polar surface area (TPSA) is 52.6 Å². The highest BCUT2D eigenvalue weighted by atomic mass is 79.9. The van der Waals surface area contributed by atoms with Crippen LogP contribution in [0.3, 0.4) is 0 Å². The van der Waals surface area contributed by atoms with E-state index in [2.05, 4.69) is 15.9 Å². The Morgan fingerprint density at radius 2 is 1.85 bits per heavy atom. The summed E-state index contributed by atoms with van der Waals surface area (Å²) >= 11 is 3.00. The molecule has 0 saturated carbocycles. The summed E-state index contributed by atoms with van der Waals surface area (Å²) in [6.07, 6.45) is -1.37. The van der Waals surface area contributed by atoms with Crippen LogP contribution >= 0.6 is 15.9 Å². The number of carbonyl (C=O) groups excluding carboxylic acids is 2. The van der Waals surface area contributed by atoms with Crippen molar-refractivity contribution in [2.24, 2.45) is 0 Å². The molecule has 0 amide bonds. The van der Waals surface area contributed by atoms with E-state index in [9.17, 15) is 14.0 Å². The maximum atomic E-state index is 13.1. The summed E-state index contributed by atoms with van der Waals surface area (Å²) in [6, 6.07) is 3.86. The highest BCUT2D eigenvalue weighted by Crippen LogP contribution is 2.18. The molecule has 20 heavy (non-hydrogen) atoms. The van der Waals surface area contributed by atoms with Crippen molar-refractivity contribution in [2.75, 3.05) is 13.2 Å². The van der Waals surface area contributed by atoms with Crippen molar-refractivity contribution < 1.29 is 23.5 Å². The molecule has 0 radical (unpaired) electrons. The number of ether oxygens (including phenoxy) is 2. The summed E-state index contributed by atoms with van der Waals surface area (Å²) in [6.45, 7) is 4.09. The predicted octanol–water partition coefficient (Wildman–Crippen LogP) is 3.13. The molecule has 110 valence electrons. The molecule has 4 nitrogen and oxygen atoms in total. The second-order valence-corrected chi connectivity index (χ2v) is 4.79. The molecule has 0 unspecified atom stereocenters. The third-order valence-corrected chi connectivity index (χ3v) is 3.08. The van der Waals surface area contributed by atoms with Gasteiger partial charge in [0.05, 0.1) is 10.9 Å². The SMILES string of the molecule is CCOC(OCC)C(=O)CC(=O)c1ccc(F)c(Br)c1. The van der Waals surface area contributed by atoms with Gasteiger partial charge in [0.1, 0.15) is 5.82 Å². The lowest BCUT2D eigenvalue weighted by molar-refractivity contribution is -0.166. The van der Waals surface area contributed by atoms with Gasteiger partial charge in [0.15, 0.2) is 11.6 Å². The van der Waals surface area contributed by atoms with Gasteiger partial charge in [-0.1, -0.05) is 0 Å². The van der Waals surface area contributed by atoms with Gasteiger partial charge in [-0.15, -0.1) is 0 Å². The lowest BCUT2D eigenvalue weighted by atomic mass is 10.1. The zero-order valence-electron chi connectivity index (χ0n) is 11.3. The van der Waals surface area contributed by atoms with Gasteiger partial charge >= 0.3 is 0 Å². The molecule has 0 aromatic heterocycles. The van der Waals surface area contributed by atoms with Crippen LogP contribution < -0.4 is 0 Å². The molecule has 0 atom stereocenters. The molecule has 1 aromatic rings. The Hall–Kier alpha value is -1.11. The zero-order chi connectivity index (χ0) is 15.1. The monoisotopic (exact) mass is 346 g/mol. The van der Waals surface area contributed by atoms with Crippen molar-refractivity contribution in [3.63, 3.8) is 0 Å². The van der Waals surface area contributed by atoms with Crippen molar-refractivity contribution >= 4 is 27.5 Å². The number of Topliss-reactive ketones (excluding diaryl/α,β-unsaturated/α-hetero) is 2. The first-order valence-electron chi connectivity index (χ1n) is 6.23. The molecule has 0 spiro atoms. The fourth-order valence-electron chi connectivity index (χ4n) is 1.55. The fourth-order valence-corrected chi connectivity index (χ4v) is 1.93. The van der Waals surface area contributed by atoms with Gasteiger partial charge in [0.25, 0.3) is 0 Å². The van der Waals surface area contributed by atoms with Crippen LogP contribution in [0.15, 0.2) is 22.7 Å². The number of ketones is 2. The third kappa shape index (κ3) is 4.77. The van der Waals surface area contributed by atoms with Gasteiger partial charge in [-0.2, -0.15) is 0 Å². The minimum Gasteiger partial charge on any atom is -0.346 e. The molecule has 0 bridgehead atoms. The van der Waals surface area contributed by atoms with E-state index in [4.69, 9.17) is 9.47 Å². The average Bonchev–Trinajstić information content (AvgIpc) is 2.41. The highest BCUT2D eigenvalue weighted by molar-refractivity contribution is 9.10. The van der Waals surface area contributed by atoms with Crippen LogP contribution in [-0.2, 0) is 14.3 Å². The Balaban J connectivity index is 2.73. The smallest absolute Gasteiger partial charge is 0.218 e. The number of halogens is 2. The van der Waals surface area contributed by atoms with Crippen molar-refractivity contribution in [3.8, 4) is 0 Å². The Morgan fingerprint density at radius 1 is 1.25 bits per heavy atom. The molecule has 1 rings (SSSR count). The Morgan fingerprint density at radius 3 is 2.35 bits per heavy atom. The maximum Gasteiger partial charge on any atom is 0.218 e. The standard InChI is InChI=1S/C14H16BrFO4/c1-3-19-14(20-4-2)13(18)8-12(17)9-5-6-11(16)10(15)7-9/h5-7,14H,3-4,8H2,1-2H3. The normalized spacial score (nSPS) is 10.8. The summed E-state index contributed by atoms with van der Waals surface area (Å²) in [5, 5.41) is 0. The van der Waals surface area contributed by atoms with E-state index in [1.165, 1.54) is 18.2 Å². The van der Waals surface area contributed by atoms with E-state index in [0.717, 1.165) is 0 Å². The molecule has 1 aromatic carbocycles. The van der Waals surface area contributed by atoms with Gasteiger partial charge in [-0.25, -0.2) is 4.39 Å². The number of rotatable bonds is 8. The largest absolute Gasteiger partial charge is 0.346 e. The molecule has 0 heterocycles. The van der Waals surface area contributed by atoms with Crippen molar-refractivity contribution in [2.45, 2.75) is 26.6 Å². The minimum absolute atomic E-state index is 0.182. The summed E-state index contributed by atoms with van der Waals surface area (Å²) in [5.74, 6) is -1.31. The summed E-state index contributed by atoms with van der Waals surface area (Å²) in [7, 11) is 0. The first-order valence-corrected chi connectivity index (χ1v) is 7.03. The number of hydrogen-bond donors (Lipinski definition) is 0. The zero-order valence-corrected chi connectivity index (χ0v) is 12.9. The van der Waals surface area contributed by atoms with Crippen LogP contribution in [0.4, 0.5) is 4.39 Å². The first kappa shape index (κ1) is 16.9. The molecule has 0 aliphatic heterocycles. The van der Waals surface area contributed by atoms with E-state index in [1.807, 2.05) is 0 Å². The molecule has 6 heteroatoms. The van der Waals surface area contributed by atoms with E-state index >= 15 is 0 Å². The van der Waals surface area contributed by atoms with Crippen molar-refractivity contribution in [1.82, 2.24) is 0 Å². The summed E-state index contributed by atoms with van der Waals surface area (Å²) in [5.41, 5.74) is 0.262. The van der Waals surface area contributed by atoms with Crippen LogP contribution in [0, 0.1) is 5.82 Å². The van der Waals surface area contributed by atoms with Gasteiger partial charge in [-0.3, -0.25) is 9.59 Å². The van der Waals surface area contributed by atoms with Crippen molar-refractivity contribution in [1.29, 1.82) is 0 Å². The molecular weight excluding hydrogens is 331 g/mol. The Bertz CT molecular complexity index is 484. The van der Waals surface area contributed by atoms with Gasteiger partial charge < -0.3 is 9.47 Å². The molecule has 0 aliphatic carbocycles. The Kier molecular flexibility index (Phi) is 6.98. The Labute approximate surface area is 125 Å². The van der Waals surface area contributed by atoms with E-state index in [0.29, 0.717) is 13.2 Å². The summed E-state index contributed by atoms with van der Waals surface area (Å²) < 4.78 is 23.5. The van der Waals surface area contributed by atoms with Crippen LogP contribution in [-0.4, -0.2) is 31.1 Å². The van der Waals surface area contributed by atoms with E-state index < -0.39 is 23.7 Å². The van der Waals surface area contributed by atoms with Gasteiger partial charge in [0.2, 0.25) is 6.29 Å². The lowest BCUT2D eigenvalue weighted by Gasteiger charge is -2.15. The van der Waals surface area contributed by atoms with Crippen LogP contribution in [0.25, 0.3) is 0 Å². The van der Waals surface area contributed by atoms with Crippen LogP contribution in [0.5, 0.6) is 0 Å². The first-order chi connectivity index (χ1) is 9.49. The molecule has 0 saturated heterocycles. The maximum absolute atomic E-state index is 13.1. The molecule has 0 fully saturated rings. The van der Waals surface area contributed by atoms with Gasteiger partial charge in [-0.05, 0) is 48.0 Å². The quantitative estimate of drug-likeness (QED) is 0.412. The van der Waals surface area contributed by atoms with E-state index in [1.54, 1.807) is 13.8 Å². The lowest BCUT2D eigenvalue weighted by Crippen LogP contribution is -2.29. The number of carbonyl (C=O) groups is 2. The van der Waals surface area contributed by atoms with Gasteiger partial charge in [0, 0.05) is 18.8 Å². The minimum atomic E-state index is -1.03. The fraction of sp³-hybridized carbons (Fsp3) is 0.429. The van der Waals surface area contributed by atoms with Crippen molar-refractivity contribution in [3.05, 3.63) is 34.1 Å². The third-order valence-electron chi connectivity index (χ3n) is 2.48.